The van der Waals surface area contributed by atoms with Crippen molar-refractivity contribution in [2.24, 2.45) is 0 Å². The van der Waals surface area contributed by atoms with Crippen molar-refractivity contribution in [3.63, 3.8) is 0 Å². The number of hydrogen-bond acceptors (Lipinski definition) is 5. The molecule has 0 aliphatic rings. The zero-order valence-corrected chi connectivity index (χ0v) is 13.4. The summed E-state index contributed by atoms with van der Waals surface area (Å²) in [6.45, 7) is 0.00724. The van der Waals surface area contributed by atoms with Crippen LogP contribution in [0, 0.1) is 15.9 Å². The fourth-order valence-corrected chi connectivity index (χ4v) is 2.61. The van der Waals surface area contributed by atoms with E-state index in [1.54, 1.807) is 11.8 Å². The van der Waals surface area contributed by atoms with E-state index in [9.17, 15) is 19.3 Å². The Hall–Kier alpha value is -2.61. The molecule has 0 heterocycles. The van der Waals surface area contributed by atoms with Gasteiger partial charge in [0, 0.05) is 29.3 Å². The third-order valence-electron chi connectivity index (χ3n) is 2.91. The number of ether oxygens (including phenoxy) is 1. The number of benzene rings is 2. The number of rotatable bonds is 8. The molecule has 1 amide bonds. The van der Waals surface area contributed by atoms with Crippen LogP contribution in [-0.2, 0) is 4.79 Å². The normalized spacial score (nSPS) is 10.2. The average molecular weight is 350 g/mol. The van der Waals surface area contributed by atoms with Gasteiger partial charge in [-0.05, 0) is 18.2 Å². The van der Waals surface area contributed by atoms with Gasteiger partial charge in [0.15, 0.2) is 6.61 Å². The number of amides is 1. The Labute approximate surface area is 142 Å². The molecule has 0 bridgehead atoms. The van der Waals surface area contributed by atoms with E-state index in [2.05, 4.69) is 5.32 Å². The molecule has 0 spiro atoms. The summed E-state index contributed by atoms with van der Waals surface area (Å²) in [6, 6.07) is 12.6. The Balaban J connectivity index is 1.75. The van der Waals surface area contributed by atoms with E-state index in [0.29, 0.717) is 12.3 Å². The quantitative estimate of drug-likeness (QED) is 0.342. The molecule has 0 aromatic heterocycles. The van der Waals surface area contributed by atoms with E-state index in [0.717, 1.165) is 23.1 Å². The smallest absolute Gasteiger partial charge is 0.311 e. The third kappa shape index (κ3) is 5.54. The monoisotopic (exact) mass is 350 g/mol. The molecule has 0 fully saturated rings. The van der Waals surface area contributed by atoms with Gasteiger partial charge in [-0.15, -0.1) is 11.8 Å². The third-order valence-corrected chi connectivity index (χ3v) is 3.93. The molecule has 8 heteroatoms. The van der Waals surface area contributed by atoms with Gasteiger partial charge in [0.25, 0.3) is 5.91 Å². The molecule has 6 nitrogen and oxygen atoms in total. The summed E-state index contributed by atoms with van der Waals surface area (Å²) in [5.41, 5.74) is -0.385. The Morgan fingerprint density at radius 2 is 2.00 bits per heavy atom. The minimum Gasteiger partial charge on any atom is -0.477 e. The summed E-state index contributed by atoms with van der Waals surface area (Å²) in [4.78, 5) is 22.9. The lowest BCUT2D eigenvalue weighted by molar-refractivity contribution is -0.385. The number of carbonyl (C=O) groups excluding carboxylic acids is 1. The first-order chi connectivity index (χ1) is 11.6. The van der Waals surface area contributed by atoms with Gasteiger partial charge < -0.3 is 10.1 Å². The number of nitro benzene ring substituents is 1. The highest BCUT2D eigenvalue weighted by atomic mass is 32.2. The molecule has 0 unspecified atom stereocenters. The second kappa shape index (κ2) is 8.88. The maximum Gasteiger partial charge on any atom is 0.311 e. The molecule has 2 rings (SSSR count). The van der Waals surface area contributed by atoms with Crippen LogP contribution in [0.3, 0.4) is 0 Å². The number of nitrogens with zero attached hydrogens (tertiary/aromatic N) is 1. The lowest BCUT2D eigenvalue weighted by Gasteiger charge is -2.08. The van der Waals surface area contributed by atoms with Crippen molar-refractivity contribution < 1.29 is 18.8 Å². The van der Waals surface area contributed by atoms with Crippen LogP contribution in [0.2, 0.25) is 0 Å². The summed E-state index contributed by atoms with van der Waals surface area (Å²) in [5.74, 6) is -0.693. The molecular formula is C16H15FN2O4S. The molecule has 0 aliphatic heterocycles. The molecule has 1 N–H and O–H groups in total. The number of nitro groups is 1. The minimum atomic E-state index is -0.691. The summed E-state index contributed by atoms with van der Waals surface area (Å²) < 4.78 is 18.2. The first-order valence-corrected chi connectivity index (χ1v) is 8.06. The first kappa shape index (κ1) is 17.7. The maximum atomic E-state index is 13.1. The highest BCUT2D eigenvalue weighted by molar-refractivity contribution is 7.99. The van der Waals surface area contributed by atoms with E-state index in [1.807, 2.05) is 30.3 Å². The van der Waals surface area contributed by atoms with E-state index in [-0.39, 0.29) is 11.4 Å². The van der Waals surface area contributed by atoms with Crippen molar-refractivity contribution in [2.45, 2.75) is 4.90 Å². The lowest BCUT2D eigenvalue weighted by Crippen LogP contribution is -2.30. The molecule has 0 saturated heterocycles. The molecule has 24 heavy (non-hydrogen) atoms. The van der Waals surface area contributed by atoms with Gasteiger partial charge in [-0.3, -0.25) is 14.9 Å². The number of halogens is 1. The topological polar surface area (TPSA) is 81.5 Å². The van der Waals surface area contributed by atoms with Crippen molar-refractivity contribution in [1.29, 1.82) is 0 Å². The Morgan fingerprint density at radius 1 is 1.25 bits per heavy atom. The van der Waals surface area contributed by atoms with Crippen LogP contribution in [-0.4, -0.2) is 29.7 Å². The van der Waals surface area contributed by atoms with Gasteiger partial charge in [-0.1, -0.05) is 18.2 Å². The predicted octanol–water partition coefficient (Wildman–Crippen LogP) is 3.02. The summed E-state index contributed by atoms with van der Waals surface area (Å²) in [5, 5.41) is 13.5. The van der Waals surface area contributed by atoms with Crippen LogP contribution in [0.4, 0.5) is 10.1 Å². The van der Waals surface area contributed by atoms with Crippen LogP contribution in [0.1, 0.15) is 0 Å². The Bertz CT molecular complexity index is 712. The van der Waals surface area contributed by atoms with Gasteiger partial charge in [0.2, 0.25) is 5.75 Å². The van der Waals surface area contributed by atoms with Gasteiger partial charge in [-0.25, -0.2) is 4.39 Å². The molecule has 126 valence electrons. The summed E-state index contributed by atoms with van der Waals surface area (Å²) >= 11 is 1.59. The van der Waals surface area contributed by atoms with Crippen molar-refractivity contribution in [3.05, 3.63) is 64.5 Å². The second-order valence-electron chi connectivity index (χ2n) is 4.67. The number of hydrogen-bond donors (Lipinski definition) is 1. The largest absolute Gasteiger partial charge is 0.477 e. The highest BCUT2D eigenvalue weighted by Crippen LogP contribution is 2.27. The fraction of sp³-hybridized carbons (Fsp3) is 0.188. The fourth-order valence-electron chi connectivity index (χ4n) is 1.82. The zero-order valence-electron chi connectivity index (χ0n) is 12.6. The van der Waals surface area contributed by atoms with Crippen LogP contribution >= 0.6 is 11.8 Å². The predicted molar refractivity (Wildman–Crippen MR) is 88.7 cm³/mol. The SMILES string of the molecule is O=C(COc1cc(F)ccc1[N+](=O)[O-])NCCSc1ccccc1. The summed E-state index contributed by atoms with van der Waals surface area (Å²) in [7, 11) is 0. The lowest BCUT2D eigenvalue weighted by atomic mass is 10.3. The molecular weight excluding hydrogens is 335 g/mol. The van der Waals surface area contributed by atoms with Crippen molar-refractivity contribution in [2.75, 3.05) is 18.9 Å². The first-order valence-electron chi connectivity index (χ1n) is 7.07. The van der Waals surface area contributed by atoms with Crippen molar-refractivity contribution in [3.8, 4) is 5.75 Å². The van der Waals surface area contributed by atoms with Crippen molar-refractivity contribution >= 4 is 23.4 Å². The van der Waals surface area contributed by atoms with E-state index < -0.39 is 23.3 Å². The van der Waals surface area contributed by atoms with Crippen LogP contribution in [0.15, 0.2) is 53.4 Å². The summed E-state index contributed by atoms with van der Waals surface area (Å²) in [6.07, 6.45) is 0. The molecule has 2 aromatic rings. The molecule has 0 saturated carbocycles. The standard InChI is InChI=1S/C16H15FN2O4S/c17-12-6-7-14(19(21)22)15(10-12)23-11-16(20)18-8-9-24-13-4-2-1-3-5-13/h1-7,10H,8-9,11H2,(H,18,20). The van der Waals surface area contributed by atoms with Crippen LogP contribution in [0.5, 0.6) is 5.75 Å². The van der Waals surface area contributed by atoms with E-state index in [1.165, 1.54) is 0 Å². The van der Waals surface area contributed by atoms with Gasteiger partial charge in [0.1, 0.15) is 5.82 Å². The Morgan fingerprint density at radius 3 is 2.71 bits per heavy atom. The van der Waals surface area contributed by atoms with E-state index >= 15 is 0 Å². The zero-order chi connectivity index (χ0) is 17.4. The van der Waals surface area contributed by atoms with Gasteiger partial charge in [0.05, 0.1) is 4.92 Å². The maximum absolute atomic E-state index is 13.1. The average Bonchev–Trinajstić information content (AvgIpc) is 2.57. The van der Waals surface area contributed by atoms with Gasteiger partial charge in [-0.2, -0.15) is 0 Å². The molecule has 0 atom stereocenters. The molecule has 2 aromatic carbocycles. The van der Waals surface area contributed by atoms with Gasteiger partial charge >= 0.3 is 5.69 Å². The highest BCUT2D eigenvalue weighted by Gasteiger charge is 2.16. The Kier molecular flexibility index (Phi) is 6.56. The number of carbonyl (C=O) groups is 1. The molecule has 0 radical (unpaired) electrons. The van der Waals surface area contributed by atoms with Crippen LogP contribution < -0.4 is 10.1 Å². The molecule has 0 aliphatic carbocycles. The number of thioether (sulfide) groups is 1. The van der Waals surface area contributed by atoms with Crippen LogP contribution in [0.25, 0.3) is 0 Å². The van der Waals surface area contributed by atoms with E-state index in [4.69, 9.17) is 4.74 Å². The van der Waals surface area contributed by atoms with Crippen molar-refractivity contribution in [1.82, 2.24) is 5.32 Å². The minimum absolute atomic E-state index is 0.270. The number of nitrogens with one attached hydrogen (secondary N) is 1. The second-order valence-corrected chi connectivity index (χ2v) is 5.84.